The van der Waals surface area contributed by atoms with Crippen LogP contribution in [0.5, 0.6) is 0 Å². The van der Waals surface area contributed by atoms with Gasteiger partial charge >= 0.3 is 6.09 Å². The first-order chi connectivity index (χ1) is 6.31. The van der Waals surface area contributed by atoms with E-state index in [9.17, 15) is 4.79 Å². The Hall–Kier alpha value is -0.750. The van der Waals surface area contributed by atoms with Gasteiger partial charge in [0.15, 0.2) is 0 Å². The molecule has 2 aliphatic rings. The molecule has 0 spiro atoms. The molecule has 1 fully saturated rings. The van der Waals surface area contributed by atoms with Gasteiger partial charge in [0.05, 0.1) is 6.61 Å². The van der Waals surface area contributed by atoms with E-state index >= 15 is 0 Å². The van der Waals surface area contributed by atoms with E-state index in [0.29, 0.717) is 31.3 Å². The Bertz CT molecular complexity index is 256. The fourth-order valence-electron chi connectivity index (χ4n) is 1.41. The first-order valence-electron chi connectivity index (χ1n) is 4.04. The number of morpholine rings is 1. The van der Waals surface area contributed by atoms with E-state index in [0.717, 1.165) is 0 Å². The number of ether oxygens (including phenoxy) is 2. The number of carbonyl (C=O) groups excluding carboxylic acids is 1. The van der Waals surface area contributed by atoms with E-state index in [2.05, 4.69) is 17.6 Å². The number of amides is 1. The predicted molar refractivity (Wildman–Crippen MR) is 49.1 cm³/mol. The summed E-state index contributed by atoms with van der Waals surface area (Å²) in [6.45, 7) is 1.76. The molecular formula is C7H10N2O3S. The molecule has 0 saturated carbocycles. The molecule has 1 atom stereocenters. The number of nitrogens with zero attached hydrogens (tertiary/aromatic N) is 2. The fraction of sp³-hybridized carbons (Fsp3) is 0.714. The third-order valence-electron chi connectivity index (χ3n) is 2.01. The third-order valence-corrected chi connectivity index (χ3v) is 2.30. The smallest absolute Gasteiger partial charge is 0.421 e. The number of amidine groups is 1. The van der Waals surface area contributed by atoms with E-state index < -0.39 is 6.09 Å². The second-order valence-corrected chi connectivity index (χ2v) is 3.11. The average molecular weight is 202 g/mol. The lowest BCUT2D eigenvalue weighted by molar-refractivity contribution is -0.0826. The van der Waals surface area contributed by atoms with Crippen LogP contribution in [-0.2, 0) is 9.47 Å². The van der Waals surface area contributed by atoms with E-state index in [-0.39, 0.29) is 6.23 Å². The van der Waals surface area contributed by atoms with Crippen molar-refractivity contribution in [3.05, 3.63) is 0 Å². The number of hydrogen-bond acceptors (Lipinski definition) is 5. The summed E-state index contributed by atoms with van der Waals surface area (Å²) >= 11 is 4.10. The Morgan fingerprint density at radius 2 is 2.54 bits per heavy atom. The van der Waals surface area contributed by atoms with Crippen LogP contribution in [0.1, 0.15) is 0 Å². The largest absolute Gasteiger partial charge is 0.437 e. The molecule has 1 unspecified atom stereocenters. The van der Waals surface area contributed by atoms with Crippen molar-refractivity contribution >= 4 is 24.6 Å². The molecule has 5 nitrogen and oxygen atoms in total. The van der Waals surface area contributed by atoms with E-state index in [4.69, 9.17) is 9.47 Å². The van der Waals surface area contributed by atoms with Gasteiger partial charge in [-0.15, -0.1) is 0 Å². The van der Waals surface area contributed by atoms with Gasteiger partial charge in [-0.2, -0.15) is 17.6 Å². The molecule has 0 radical (unpaired) electrons. The Morgan fingerprint density at radius 3 is 3.31 bits per heavy atom. The topological polar surface area (TPSA) is 51.1 Å². The highest BCUT2D eigenvalue weighted by Crippen LogP contribution is 2.15. The van der Waals surface area contributed by atoms with Crippen molar-refractivity contribution in [1.82, 2.24) is 4.90 Å². The predicted octanol–water partition coefficient (Wildman–Crippen LogP) is 0.123. The van der Waals surface area contributed by atoms with E-state index in [1.807, 2.05) is 4.90 Å². The van der Waals surface area contributed by atoms with Crippen molar-refractivity contribution in [2.24, 2.45) is 4.99 Å². The van der Waals surface area contributed by atoms with Gasteiger partial charge in [0.2, 0.25) is 6.23 Å². The lowest BCUT2D eigenvalue weighted by Gasteiger charge is -2.38. The molecule has 1 amide bonds. The van der Waals surface area contributed by atoms with Gasteiger partial charge < -0.3 is 14.4 Å². The molecule has 0 aromatic rings. The molecule has 6 heteroatoms. The van der Waals surface area contributed by atoms with Crippen LogP contribution in [0.3, 0.4) is 0 Å². The molecule has 2 rings (SSSR count). The van der Waals surface area contributed by atoms with E-state index in [1.165, 1.54) is 0 Å². The maximum Gasteiger partial charge on any atom is 0.437 e. The van der Waals surface area contributed by atoms with Gasteiger partial charge in [-0.1, -0.05) is 0 Å². The molecule has 2 aliphatic heterocycles. The van der Waals surface area contributed by atoms with Crippen molar-refractivity contribution in [1.29, 1.82) is 0 Å². The summed E-state index contributed by atoms with van der Waals surface area (Å²) in [5.74, 6) is 1.12. The number of hydrogen-bond donors (Lipinski definition) is 1. The zero-order chi connectivity index (χ0) is 9.26. The number of thiol groups is 1. The Kier molecular flexibility index (Phi) is 2.41. The van der Waals surface area contributed by atoms with Gasteiger partial charge in [-0.25, -0.2) is 4.79 Å². The molecular weight excluding hydrogens is 192 g/mol. The summed E-state index contributed by atoms with van der Waals surface area (Å²) < 4.78 is 10.1. The summed E-state index contributed by atoms with van der Waals surface area (Å²) in [6.07, 6.45) is -0.850. The monoisotopic (exact) mass is 202 g/mol. The standard InChI is InChI=1S/C7H10N2O3S/c10-7-8-5(4-13)9-1-2-11-3-6(9)12-7/h6,13H,1-4H2. The molecule has 2 heterocycles. The van der Waals surface area contributed by atoms with Gasteiger partial charge in [-0.3, -0.25) is 0 Å². The van der Waals surface area contributed by atoms with Gasteiger partial charge in [-0.05, 0) is 0 Å². The highest BCUT2D eigenvalue weighted by molar-refractivity contribution is 7.81. The Morgan fingerprint density at radius 1 is 1.69 bits per heavy atom. The minimum atomic E-state index is -0.546. The molecule has 0 bridgehead atoms. The number of aliphatic imine (C=N–C) groups is 1. The summed E-state index contributed by atoms with van der Waals surface area (Å²) in [6, 6.07) is 0. The lowest BCUT2D eigenvalue weighted by atomic mass is 10.3. The van der Waals surface area contributed by atoms with Crippen molar-refractivity contribution < 1.29 is 14.3 Å². The normalized spacial score (nSPS) is 27.8. The van der Waals surface area contributed by atoms with Crippen LogP contribution in [0, 0.1) is 0 Å². The quantitative estimate of drug-likeness (QED) is 0.614. The van der Waals surface area contributed by atoms with Gasteiger partial charge in [0.1, 0.15) is 12.4 Å². The van der Waals surface area contributed by atoms with Crippen LogP contribution in [0.4, 0.5) is 4.79 Å². The summed E-state index contributed by atoms with van der Waals surface area (Å²) in [4.78, 5) is 16.6. The van der Waals surface area contributed by atoms with Crippen molar-refractivity contribution in [2.45, 2.75) is 6.23 Å². The van der Waals surface area contributed by atoms with Crippen LogP contribution >= 0.6 is 12.6 Å². The highest BCUT2D eigenvalue weighted by Gasteiger charge is 2.32. The van der Waals surface area contributed by atoms with Crippen LogP contribution < -0.4 is 0 Å². The zero-order valence-electron chi connectivity index (χ0n) is 6.97. The lowest BCUT2D eigenvalue weighted by Crippen LogP contribution is -2.53. The minimum Gasteiger partial charge on any atom is -0.421 e. The Labute approximate surface area is 81.1 Å². The fourth-order valence-corrected chi connectivity index (χ4v) is 1.66. The molecule has 0 N–H and O–H groups in total. The van der Waals surface area contributed by atoms with Crippen LogP contribution in [-0.4, -0.2) is 48.6 Å². The second-order valence-electron chi connectivity index (χ2n) is 2.79. The van der Waals surface area contributed by atoms with Crippen molar-refractivity contribution in [3.63, 3.8) is 0 Å². The first-order valence-corrected chi connectivity index (χ1v) is 4.68. The van der Waals surface area contributed by atoms with Crippen molar-refractivity contribution in [2.75, 3.05) is 25.5 Å². The SMILES string of the molecule is O=C1N=C(CS)N2CCOCC2O1. The van der Waals surface area contributed by atoms with Crippen molar-refractivity contribution in [3.8, 4) is 0 Å². The molecule has 13 heavy (non-hydrogen) atoms. The Balaban J connectivity index is 2.19. The van der Waals surface area contributed by atoms with E-state index in [1.54, 1.807) is 0 Å². The maximum atomic E-state index is 11.0. The first kappa shape index (κ1) is 8.83. The van der Waals surface area contributed by atoms with Crippen LogP contribution in [0.15, 0.2) is 4.99 Å². The highest BCUT2D eigenvalue weighted by atomic mass is 32.1. The number of rotatable bonds is 1. The zero-order valence-corrected chi connectivity index (χ0v) is 7.87. The van der Waals surface area contributed by atoms with Gasteiger partial charge in [0.25, 0.3) is 0 Å². The summed E-state index contributed by atoms with van der Waals surface area (Å²) in [5, 5.41) is 0. The molecule has 0 aromatic carbocycles. The molecule has 0 aromatic heterocycles. The second kappa shape index (κ2) is 3.55. The third kappa shape index (κ3) is 1.64. The van der Waals surface area contributed by atoms with Crippen LogP contribution in [0.2, 0.25) is 0 Å². The average Bonchev–Trinajstić information content (AvgIpc) is 2.16. The number of carbonyl (C=O) groups is 1. The summed E-state index contributed by atoms with van der Waals surface area (Å²) in [5.41, 5.74) is 0. The minimum absolute atomic E-state index is 0.305. The van der Waals surface area contributed by atoms with Crippen LogP contribution in [0.25, 0.3) is 0 Å². The molecule has 0 aliphatic carbocycles. The van der Waals surface area contributed by atoms with Gasteiger partial charge in [0, 0.05) is 12.3 Å². The molecule has 72 valence electrons. The molecule has 1 saturated heterocycles. The number of fused-ring (bicyclic) bond motifs is 1. The summed E-state index contributed by atoms with van der Waals surface area (Å²) in [7, 11) is 0. The maximum absolute atomic E-state index is 11.0.